The number of rotatable bonds is 14. The maximum Gasteiger partial charge on any atom is 1.00 e. The standard InChI is InChI=1S/C23H23NO3.C19H19NO3.C16H15NO2.C6H18NSi2.C4H5Br.C4H5I.Na/c1-3-4-11-17(2)22(25)24-20(16-27-23(24)26)21(18-12-7-5-8-13-18)19-14-9-6-10-15-19;1-2-17(21)20-16(13-23-19(20)22)18(14-9-5-3-6-10-14)15-11-7-4-8-12-15;18-16-17-14(11-19-16)15(12-7-3-1-4-8-12)13-9-5-2-6-10-13;1-8(2,3)7-9(4,5)6;2*1-2-3-4-5;/h5-10,12-15,17,20-21H,11,16H2,1-2H3;3-12,16,18H,2,13H2,1H3;1-10,14-15H,11H2,(H,17,18);1-6H3;2*4H2,1H3;/q;;;-1;;;+1/t17-,20-;16-;14-;;;;/m000..../s1. The van der Waals surface area contributed by atoms with E-state index in [0.29, 0.717) is 13.0 Å². The molecule has 0 unspecified atom stereocenters. The number of nitrogens with zero attached hydrogens (tertiary/aromatic N) is 3. The normalized spacial score (nSPS) is 15.6. The van der Waals surface area contributed by atoms with Gasteiger partial charge in [-0.05, 0) is 54.2 Å². The van der Waals surface area contributed by atoms with Gasteiger partial charge >= 0.3 is 47.8 Å². The molecule has 12 nitrogen and oxygen atoms in total. The zero-order valence-corrected chi connectivity index (χ0v) is 61.4. The molecule has 6 aromatic rings. The first-order chi connectivity index (χ1) is 42.2. The number of benzene rings is 6. The summed E-state index contributed by atoms with van der Waals surface area (Å²) >= 11 is 5.35. The van der Waals surface area contributed by atoms with E-state index < -0.39 is 28.7 Å². The van der Waals surface area contributed by atoms with Crippen LogP contribution < -0.4 is 34.9 Å². The maximum atomic E-state index is 13.0. The third-order valence-corrected chi connectivity index (χ3v) is 19.6. The molecule has 3 fully saturated rings. The van der Waals surface area contributed by atoms with Gasteiger partial charge in [0.05, 0.1) is 27.9 Å². The van der Waals surface area contributed by atoms with E-state index in [1.54, 1.807) is 20.8 Å². The molecule has 0 bridgehead atoms. The van der Waals surface area contributed by atoms with Crippen LogP contribution in [0, 0.1) is 41.4 Å². The quantitative estimate of drug-likeness (QED) is 0.0373. The van der Waals surface area contributed by atoms with Gasteiger partial charge in [0.1, 0.15) is 19.8 Å². The van der Waals surface area contributed by atoms with Gasteiger partial charge in [0.15, 0.2) is 0 Å². The van der Waals surface area contributed by atoms with E-state index in [1.807, 2.05) is 172 Å². The van der Waals surface area contributed by atoms with Crippen molar-refractivity contribution in [1.82, 2.24) is 15.1 Å². The molecule has 6 aromatic carbocycles. The summed E-state index contributed by atoms with van der Waals surface area (Å²) < 4.78 is 21.3. The number of alkyl carbamates (subject to hydrolysis) is 1. The number of amides is 5. The van der Waals surface area contributed by atoms with Crippen molar-refractivity contribution >= 4 is 85.1 Å². The summed E-state index contributed by atoms with van der Waals surface area (Å²) in [6, 6.07) is 59.4. The molecule has 464 valence electrons. The van der Waals surface area contributed by atoms with Crippen molar-refractivity contribution in [2.45, 2.75) is 123 Å². The van der Waals surface area contributed by atoms with Crippen molar-refractivity contribution in [2.24, 2.45) is 5.92 Å². The predicted molar refractivity (Wildman–Crippen MR) is 374 cm³/mol. The van der Waals surface area contributed by atoms with Crippen LogP contribution in [-0.2, 0) is 23.8 Å². The van der Waals surface area contributed by atoms with Crippen LogP contribution in [0.4, 0.5) is 14.4 Å². The van der Waals surface area contributed by atoms with Crippen LogP contribution in [0.3, 0.4) is 0 Å². The van der Waals surface area contributed by atoms with Crippen LogP contribution in [0.2, 0.25) is 39.3 Å². The number of alkyl halides is 2. The van der Waals surface area contributed by atoms with E-state index in [4.69, 9.17) is 18.9 Å². The minimum atomic E-state index is -1.11. The Hall–Kier alpha value is -6.25. The third-order valence-electron chi connectivity index (χ3n) is 13.6. The molecule has 5 amide bonds. The summed E-state index contributed by atoms with van der Waals surface area (Å²) in [4.78, 5) is 63.5. The van der Waals surface area contributed by atoms with Gasteiger partial charge in [-0.3, -0.25) is 9.59 Å². The van der Waals surface area contributed by atoms with E-state index in [0.717, 1.165) is 32.0 Å². The van der Waals surface area contributed by atoms with Crippen LogP contribution in [0.15, 0.2) is 182 Å². The number of halogens is 2. The number of hydrogen-bond acceptors (Lipinski definition) is 8. The number of cyclic esters (lactones) is 3. The first-order valence-corrected chi connectivity index (χ1v) is 39.0. The molecule has 0 aliphatic carbocycles. The second-order valence-corrected chi connectivity index (χ2v) is 33.4. The summed E-state index contributed by atoms with van der Waals surface area (Å²) in [5.74, 6) is 15.9. The summed E-state index contributed by atoms with van der Waals surface area (Å²) in [5.41, 5.74) is 6.59. The van der Waals surface area contributed by atoms with Crippen LogP contribution in [0.1, 0.15) is 98.6 Å². The van der Waals surface area contributed by atoms with Crippen molar-refractivity contribution in [2.75, 3.05) is 29.6 Å². The van der Waals surface area contributed by atoms with E-state index in [-0.39, 0.29) is 109 Å². The largest absolute Gasteiger partial charge is 1.00 e. The average molecular weight is 1420 g/mol. The first-order valence-electron chi connectivity index (χ1n) is 29.5. The van der Waals surface area contributed by atoms with Gasteiger partial charge in [-0.25, -0.2) is 24.2 Å². The summed E-state index contributed by atoms with van der Waals surface area (Å²) in [6.07, 6.45) is -0.742. The molecule has 0 saturated carbocycles. The fourth-order valence-electron chi connectivity index (χ4n) is 10.3. The molecule has 3 saturated heterocycles. The molecule has 0 radical (unpaired) electrons. The van der Waals surface area contributed by atoms with Gasteiger partial charge in [-0.1, -0.05) is 302 Å². The fourth-order valence-corrected chi connectivity index (χ4v) is 19.0. The Morgan fingerprint density at radius 3 is 1.15 bits per heavy atom. The minimum Gasteiger partial charge on any atom is -0.668 e. The topological polar surface area (TPSA) is 146 Å². The van der Waals surface area contributed by atoms with Gasteiger partial charge in [0, 0.05) is 36.5 Å². The van der Waals surface area contributed by atoms with Crippen molar-refractivity contribution < 1.29 is 67.7 Å². The number of carbonyl (C=O) groups excluding carboxylic acids is 5. The zero-order valence-electron chi connectivity index (χ0n) is 53.7. The molecule has 0 aromatic heterocycles. The molecular weight excluding hydrogens is 1330 g/mol. The van der Waals surface area contributed by atoms with Crippen molar-refractivity contribution in [3.63, 3.8) is 0 Å². The van der Waals surface area contributed by atoms with E-state index in [9.17, 15) is 24.0 Å². The molecule has 4 atom stereocenters. The first kappa shape index (κ1) is 77.0. The summed E-state index contributed by atoms with van der Waals surface area (Å²) in [5, 5.41) is 3.68. The molecule has 17 heteroatoms. The predicted octanol–water partition coefficient (Wildman–Crippen LogP) is 13.6. The molecule has 1 N–H and O–H groups in total. The maximum absolute atomic E-state index is 13.0. The van der Waals surface area contributed by atoms with Crippen LogP contribution in [0.5, 0.6) is 0 Å². The van der Waals surface area contributed by atoms with Crippen LogP contribution in [0.25, 0.3) is 4.65 Å². The van der Waals surface area contributed by atoms with Gasteiger partial charge < -0.3 is 24.2 Å². The monoisotopic (exact) mass is 1420 g/mol. The Morgan fingerprint density at radius 2 is 0.888 bits per heavy atom. The fraction of sp³-hybridized carbons (Fsp3) is 0.347. The SMILES string of the molecule is CC#CCBr.CC#CCI.CC#CC[C@H](C)C(=O)N1C(=O)OC[C@H]1C(c1ccccc1)c1ccccc1.CCC(=O)N1C(=O)OC[C@H]1C(c1ccccc1)c1ccccc1.C[Si](C)(C)[N-][Si](C)(C)C.O=C1N[C@H](C(c2ccccc2)c2ccccc2)CO1.[Na+]. The Balaban J connectivity index is 0.000000305. The van der Waals surface area contributed by atoms with Crippen LogP contribution >= 0.6 is 38.5 Å². The Bertz CT molecular complexity index is 3130. The second kappa shape index (κ2) is 41.2. The molecular formula is C72H85BrIN4NaO8Si2. The number of imide groups is 2. The van der Waals surface area contributed by atoms with Crippen molar-refractivity contribution in [3.05, 3.63) is 220 Å². The van der Waals surface area contributed by atoms with Gasteiger partial charge in [0.25, 0.3) is 0 Å². The van der Waals surface area contributed by atoms with Crippen molar-refractivity contribution in [1.29, 1.82) is 0 Å². The molecule has 0 spiro atoms. The summed E-state index contributed by atoms with van der Waals surface area (Å²) in [7, 11) is -2.21. The minimum absolute atomic E-state index is 0. The van der Waals surface area contributed by atoms with Crippen molar-refractivity contribution in [3.8, 4) is 35.5 Å². The third kappa shape index (κ3) is 26.2. The van der Waals surface area contributed by atoms with E-state index >= 15 is 0 Å². The molecule has 3 heterocycles. The zero-order chi connectivity index (χ0) is 64.5. The number of hydrogen-bond donors (Lipinski definition) is 1. The molecule has 3 aliphatic rings. The van der Waals surface area contributed by atoms with Gasteiger partial charge in [-0.15, -0.1) is 23.7 Å². The number of carbonyl (C=O) groups is 5. The molecule has 3 aliphatic heterocycles. The Labute approximate surface area is 576 Å². The van der Waals surface area contributed by atoms with Crippen LogP contribution in [-0.4, -0.2) is 104 Å². The smallest absolute Gasteiger partial charge is 0.668 e. The Kier molecular flexibility index (Phi) is 35.6. The van der Waals surface area contributed by atoms with Gasteiger partial charge in [0.2, 0.25) is 11.8 Å². The Morgan fingerprint density at radius 1 is 0.551 bits per heavy atom. The van der Waals surface area contributed by atoms with E-state index in [1.165, 1.54) is 20.9 Å². The van der Waals surface area contributed by atoms with E-state index in [2.05, 4.69) is 143 Å². The second-order valence-electron chi connectivity index (χ2n) is 22.5. The average Bonchev–Trinajstić information content (AvgIpc) is 2.47. The number of nitrogens with one attached hydrogen (secondary N) is 1. The molecule has 89 heavy (non-hydrogen) atoms. The molecule has 9 rings (SSSR count). The van der Waals surface area contributed by atoms with Gasteiger partial charge in [-0.2, -0.15) is 0 Å². The summed E-state index contributed by atoms with van der Waals surface area (Å²) in [6.45, 7) is 23.6. The number of ether oxygens (including phenoxy) is 3.